The zero-order valence-corrected chi connectivity index (χ0v) is 14.7. The Morgan fingerprint density at radius 3 is 2.38 bits per heavy atom. The Hall–Kier alpha value is -2.34. The van der Waals surface area contributed by atoms with Crippen molar-refractivity contribution in [3.8, 4) is 0 Å². The molecule has 0 amide bonds. The molecular weight excluding hydrogens is 300 g/mol. The number of nitrogens with zero attached hydrogens (tertiary/aromatic N) is 5. The highest BCUT2D eigenvalue weighted by Gasteiger charge is 2.17. The van der Waals surface area contributed by atoms with Gasteiger partial charge >= 0.3 is 0 Å². The molecule has 0 bridgehead atoms. The van der Waals surface area contributed by atoms with Crippen LogP contribution >= 0.6 is 0 Å². The van der Waals surface area contributed by atoms with Crippen LogP contribution in [0, 0.1) is 0 Å². The molecule has 0 aliphatic carbocycles. The molecule has 128 valence electrons. The molecule has 6 heteroatoms. The van der Waals surface area contributed by atoms with E-state index in [4.69, 9.17) is 0 Å². The summed E-state index contributed by atoms with van der Waals surface area (Å²) in [5.41, 5.74) is 2.16. The molecule has 1 aromatic heterocycles. The van der Waals surface area contributed by atoms with Crippen molar-refractivity contribution in [3.63, 3.8) is 0 Å². The van der Waals surface area contributed by atoms with Gasteiger partial charge < -0.3 is 20.0 Å². The second-order valence-corrected chi connectivity index (χ2v) is 6.23. The van der Waals surface area contributed by atoms with Crippen molar-refractivity contribution < 1.29 is 0 Å². The molecule has 1 aromatic carbocycles. The summed E-state index contributed by atoms with van der Waals surface area (Å²) in [6, 6.07) is 10.2. The van der Waals surface area contributed by atoms with Gasteiger partial charge in [0.25, 0.3) is 0 Å². The molecule has 24 heavy (non-hydrogen) atoms. The fourth-order valence-corrected chi connectivity index (χ4v) is 2.85. The van der Waals surface area contributed by atoms with E-state index >= 15 is 0 Å². The second kappa shape index (κ2) is 7.49. The van der Waals surface area contributed by atoms with E-state index in [0.717, 1.165) is 44.2 Å². The van der Waals surface area contributed by atoms with Gasteiger partial charge in [-0.3, -0.25) is 0 Å². The van der Waals surface area contributed by atoms with Gasteiger partial charge in [-0.05, 0) is 36.9 Å². The number of aromatic nitrogens is 2. The third kappa shape index (κ3) is 3.94. The van der Waals surface area contributed by atoms with Crippen molar-refractivity contribution in [2.45, 2.75) is 6.92 Å². The number of rotatable bonds is 5. The third-order valence-corrected chi connectivity index (χ3v) is 4.42. The third-order valence-electron chi connectivity index (χ3n) is 4.42. The molecule has 6 nitrogen and oxygen atoms in total. The number of hydrogen-bond acceptors (Lipinski definition) is 6. The van der Waals surface area contributed by atoms with Crippen molar-refractivity contribution in [2.24, 2.45) is 0 Å². The Bertz CT molecular complexity index is 647. The Labute approximate surface area is 144 Å². The van der Waals surface area contributed by atoms with E-state index in [1.165, 1.54) is 5.69 Å². The monoisotopic (exact) mass is 326 g/mol. The smallest absolute Gasteiger partial charge is 0.229 e. The quantitative estimate of drug-likeness (QED) is 0.911. The average molecular weight is 326 g/mol. The topological polar surface area (TPSA) is 47.5 Å². The Kier molecular flexibility index (Phi) is 5.15. The molecule has 1 saturated heterocycles. The normalized spacial score (nSPS) is 15.4. The maximum atomic E-state index is 4.67. The molecule has 0 radical (unpaired) electrons. The number of hydrogen-bond donors (Lipinski definition) is 1. The van der Waals surface area contributed by atoms with Crippen molar-refractivity contribution in [1.82, 2.24) is 14.9 Å². The summed E-state index contributed by atoms with van der Waals surface area (Å²) >= 11 is 0. The van der Waals surface area contributed by atoms with Crippen LogP contribution < -0.4 is 15.1 Å². The van der Waals surface area contributed by atoms with E-state index in [1.807, 2.05) is 38.5 Å². The van der Waals surface area contributed by atoms with Crippen LogP contribution in [0.15, 0.2) is 36.5 Å². The lowest BCUT2D eigenvalue weighted by Crippen LogP contribution is -2.46. The summed E-state index contributed by atoms with van der Waals surface area (Å²) in [4.78, 5) is 15.9. The molecular formula is C18H26N6. The molecule has 1 fully saturated rings. The standard InChI is InChI=1S/C18H26N6/c1-4-23-11-13-24(14-12-23)17-9-10-19-18(21-17)20-15-5-7-16(8-6-15)22(2)3/h5-10H,4,11-14H2,1-3H3,(H,19,20,21). The summed E-state index contributed by atoms with van der Waals surface area (Å²) in [5, 5.41) is 3.29. The molecule has 1 N–H and O–H groups in total. The van der Waals surface area contributed by atoms with E-state index in [0.29, 0.717) is 5.95 Å². The number of likely N-dealkylation sites (N-methyl/N-ethyl adjacent to an activating group) is 1. The van der Waals surface area contributed by atoms with Gasteiger partial charge in [0.2, 0.25) is 5.95 Å². The molecule has 0 spiro atoms. The first kappa shape index (κ1) is 16.5. The van der Waals surface area contributed by atoms with E-state index in [1.54, 1.807) is 0 Å². The zero-order chi connectivity index (χ0) is 16.9. The first-order valence-electron chi connectivity index (χ1n) is 8.50. The van der Waals surface area contributed by atoms with Crippen LogP contribution in [0.4, 0.5) is 23.1 Å². The zero-order valence-electron chi connectivity index (χ0n) is 14.7. The highest BCUT2D eigenvalue weighted by molar-refractivity contribution is 5.59. The molecule has 0 saturated carbocycles. The lowest BCUT2D eigenvalue weighted by Gasteiger charge is -2.34. The maximum absolute atomic E-state index is 4.67. The second-order valence-electron chi connectivity index (χ2n) is 6.23. The van der Waals surface area contributed by atoms with Gasteiger partial charge in [0.1, 0.15) is 5.82 Å². The van der Waals surface area contributed by atoms with E-state index in [2.05, 4.69) is 49.0 Å². The summed E-state index contributed by atoms with van der Waals surface area (Å²) in [6.07, 6.45) is 1.82. The summed E-state index contributed by atoms with van der Waals surface area (Å²) in [7, 11) is 4.07. The first-order chi connectivity index (χ1) is 11.7. The van der Waals surface area contributed by atoms with Crippen molar-refractivity contribution in [3.05, 3.63) is 36.5 Å². The first-order valence-corrected chi connectivity index (χ1v) is 8.50. The summed E-state index contributed by atoms with van der Waals surface area (Å²) in [5.74, 6) is 1.64. The highest BCUT2D eigenvalue weighted by Crippen LogP contribution is 2.20. The maximum Gasteiger partial charge on any atom is 0.229 e. The van der Waals surface area contributed by atoms with E-state index < -0.39 is 0 Å². The highest BCUT2D eigenvalue weighted by atomic mass is 15.3. The fraction of sp³-hybridized carbons (Fsp3) is 0.444. The Morgan fingerprint density at radius 1 is 1.04 bits per heavy atom. The van der Waals surface area contributed by atoms with Crippen molar-refractivity contribution in [1.29, 1.82) is 0 Å². The number of benzene rings is 1. The van der Waals surface area contributed by atoms with Crippen LogP contribution in [0.5, 0.6) is 0 Å². The minimum atomic E-state index is 0.642. The summed E-state index contributed by atoms with van der Waals surface area (Å²) in [6.45, 7) is 7.55. The van der Waals surface area contributed by atoms with Gasteiger partial charge in [-0.2, -0.15) is 4.98 Å². The van der Waals surface area contributed by atoms with Gasteiger partial charge in [-0.25, -0.2) is 4.98 Å². The lowest BCUT2D eigenvalue weighted by molar-refractivity contribution is 0.270. The van der Waals surface area contributed by atoms with Crippen LogP contribution in [0.25, 0.3) is 0 Å². The van der Waals surface area contributed by atoms with Gasteiger partial charge in [-0.15, -0.1) is 0 Å². The minimum Gasteiger partial charge on any atom is -0.378 e. The molecule has 1 aliphatic heterocycles. The number of piperazine rings is 1. The predicted molar refractivity (Wildman–Crippen MR) is 100 cm³/mol. The molecule has 3 rings (SSSR count). The molecule has 2 heterocycles. The van der Waals surface area contributed by atoms with Crippen LogP contribution in [-0.2, 0) is 0 Å². The molecule has 2 aromatic rings. The van der Waals surface area contributed by atoms with Crippen molar-refractivity contribution in [2.75, 3.05) is 61.9 Å². The van der Waals surface area contributed by atoms with Crippen LogP contribution in [0.1, 0.15) is 6.92 Å². The van der Waals surface area contributed by atoms with E-state index in [-0.39, 0.29) is 0 Å². The van der Waals surface area contributed by atoms with Gasteiger partial charge in [0, 0.05) is 57.8 Å². The van der Waals surface area contributed by atoms with Crippen LogP contribution in [-0.4, -0.2) is 61.7 Å². The number of anilines is 4. The van der Waals surface area contributed by atoms with Crippen molar-refractivity contribution >= 4 is 23.1 Å². The Balaban J connectivity index is 1.67. The average Bonchev–Trinajstić information content (AvgIpc) is 2.62. The van der Waals surface area contributed by atoms with Gasteiger partial charge in [0.15, 0.2) is 0 Å². The largest absolute Gasteiger partial charge is 0.378 e. The van der Waals surface area contributed by atoms with Gasteiger partial charge in [0.05, 0.1) is 0 Å². The summed E-state index contributed by atoms with van der Waals surface area (Å²) < 4.78 is 0. The minimum absolute atomic E-state index is 0.642. The number of nitrogens with one attached hydrogen (secondary N) is 1. The van der Waals surface area contributed by atoms with Gasteiger partial charge in [-0.1, -0.05) is 6.92 Å². The predicted octanol–water partition coefficient (Wildman–Crippen LogP) is 2.43. The van der Waals surface area contributed by atoms with Crippen LogP contribution in [0.3, 0.4) is 0 Å². The Morgan fingerprint density at radius 2 is 1.75 bits per heavy atom. The molecule has 1 aliphatic rings. The SMILES string of the molecule is CCN1CCN(c2ccnc(Nc3ccc(N(C)C)cc3)n2)CC1. The molecule has 0 unspecified atom stereocenters. The lowest BCUT2D eigenvalue weighted by atomic mass is 10.2. The van der Waals surface area contributed by atoms with Crippen LogP contribution in [0.2, 0.25) is 0 Å². The van der Waals surface area contributed by atoms with E-state index in [9.17, 15) is 0 Å². The molecule has 0 atom stereocenters. The fourth-order valence-electron chi connectivity index (χ4n) is 2.85.